The molecule has 1 aromatic rings. The highest BCUT2D eigenvalue weighted by molar-refractivity contribution is 5.25. The zero-order valence-corrected chi connectivity index (χ0v) is 11.2. The van der Waals surface area contributed by atoms with Gasteiger partial charge in [0, 0.05) is 19.1 Å². The Bertz CT molecular complexity index is 350. The average Bonchev–Trinajstić information content (AvgIpc) is 2.80. The largest absolute Gasteiger partial charge is 0.508 e. The highest BCUT2D eigenvalue weighted by Crippen LogP contribution is 2.20. The van der Waals surface area contributed by atoms with Crippen molar-refractivity contribution in [1.82, 2.24) is 10.2 Å². The van der Waals surface area contributed by atoms with Crippen LogP contribution in [0.25, 0.3) is 0 Å². The van der Waals surface area contributed by atoms with E-state index in [0.29, 0.717) is 11.8 Å². The van der Waals surface area contributed by atoms with E-state index < -0.39 is 0 Å². The van der Waals surface area contributed by atoms with Gasteiger partial charge in [-0.3, -0.25) is 4.90 Å². The molecule has 1 fully saturated rings. The second-order valence-corrected chi connectivity index (χ2v) is 5.14. The molecule has 0 aliphatic carbocycles. The SMILES string of the molecule is CCCNCC1CCCN1Cc1ccc(O)cc1. The summed E-state index contributed by atoms with van der Waals surface area (Å²) in [5.41, 5.74) is 1.29. The highest BCUT2D eigenvalue weighted by atomic mass is 16.3. The van der Waals surface area contributed by atoms with Gasteiger partial charge in [0.15, 0.2) is 0 Å². The van der Waals surface area contributed by atoms with Crippen molar-refractivity contribution in [2.45, 2.75) is 38.8 Å². The van der Waals surface area contributed by atoms with Gasteiger partial charge in [0.1, 0.15) is 5.75 Å². The fourth-order valence-electron chi connectivity index (χ4n) is 2.62. The maximum Gasteiger partial charge on any atom is 0.115 e. The first-order chi connectivity index (χ1) is 8.79. The molecule has 0 aromatic heterocycles. The van der Waals surface area contributed by atoms with Crippen LogP contribution in [0.1, 0.15) is 31.7 Å². The van der Waals surface area contributed by atoms with E-state index in [4.69, 9.17) is 0 Å². The van der Waals surface area contributed by atoms with Gasteiger partial charge in [0.05, 0.1) is 0 Å². The predicted molar refractivity (Wildman–Crippen MR) is 74.7 cm³/mol. The lowest BCUT2D eigenvalue weighted by Crippen LogP contribution is -2.37. The van der Waals surface area contributed by atoms with E-state index in [-0.39, 0.29) is 0 Å². The predicted octanol–water partition coefficient (Wildman–Crippen LogP) is 2.36. The van der Waals surface area contributed by atoms with Crippen LogP contribution in [-0.2, 0) is 6.54 Å². The van der Waals surface area contributed by atoms with E-state index in [1.807, 2.05) is 12.1 Å². The van der Waals surface area contributed by atoms with Crippen LogP contribution in [0.15, 0.2) is 24.3 Å². The molecule has 0 amide bonds. The summed E-state index contributed by atoms with van der Waals surface area (Å²) in [6, 6.07) is 8.25. The first kappa shape index (κ1) is 13.4. The number of likely N-dealkylation sites (tertiary alicyclic amines) is 1. The molecule has 1 aliphatic rings. The molecule has 3 nitrogen and oxygen atoms in total. The number of benzene rings is 1. The van der Waals surface area contributed by atoms with Crippen molar-refractivity contribution >= 4 is 0 Å². The summed E-state index contributed by atoms with van der Waals surface area (Å²) in [7, 11) is 0. The van der Waals surface area contributed by atoms with Crippen molar-refractivity contribution in [1.29, 1.82) is 0 Å². The molecule has 1 heterocycles. The molecule has 0 spiro atoms. The van der Waals surface area contributed by atoms with Crippen LogP contribution >= 0.6 is 0 Å². The van der Waals surface area contributed by atoms with Crippen LogP contribution in [0.4, 0.5) is 0 Å². The summed E-state index contributed by atoms with van der Waals surface area (Å²) in [4.78, 5) is 2.55. The lowest BCUT2D eigenvalue weighted by molar-refractivity contribution is 0.239. The lowest BCUT2D eigenvalue weighted by Gasteiger charge is -2.24. The third-order valence-corrected chi connectivity index (χ3v) is 3.63. The Hall–Kier alpha value is -1.06. The summed E-state index contributed by atoms with van der Waals surface area (Å²) in [5.74, 6) is 0.348. The van der Waals surface area contributed by atoms with Crippen LogP contribution in [0.2, 0.25) is 0 Å². The second kappa shape index (κ2) is 6.76. The van der Waals surface area contributed by atoms with Gasteiger partial charge in [-0.2, -0.15) is 0 Å². The molecule has 0 radical (unpaired) electrons. The first-order valence-electron chi connectivity index (χ1n) is 7.02. The van der Waals surface area contributed by atoms with Crippen molar-refractivity contribution in [3.05, 3.63) is 29.8 Å². The van der Waals surface area contributed by atoms with Gasteiger partial charge in [-0.1, -0.05) is 19.1 Å². The molecule has 0 bridgehead atoms. The van der Waals surface area contributed by atoms with Gasteiger partial charge in [0.2, 0.25) is 0 Å². The zero-order chi connectivity index (χ0) is 12.8. The minimum Gasteiger partial charge on any atom is -0.508 e. The van der Waals surface area contributed by atoms with Gasteiger partial charge in [0.25, 0.3) is 0 Å². The number of aromatic hydroxyl groups is 1. The van der Waals surface area contributed by atoms with Crippen molar-refractivity contribution in [2.24, 2.45) is 0 Å². The van der Waals surface area contributed by atoms with Gasteiger partial charge in [-0.25, -0.2) is 0 Å². The highest BCUT2D eigenvalue weighted by Gasteiger charge is 2.23. The standard InChI is InChI=1S/C15H24N2O/c1-2-9-16-11-14-4-3-10-17(14)12-13-5-7-15(18)8-6-13/h5-8,14,16,18H,2-4,9-12H2,1H3. The average molecular weight is 248 g/mol. The summed E-state index contributed by atoms with van der Waals surface area (Å²) in [5, 5.41) is 12.8. The topological polar surface area (TPSA) is 35.5 Å². The van der Waals surface area contributed by atoms with Crippen LogP contribution in [0, 0.1) is 0 Å². The Kier molecular flexibility index (Phi) is 5.02. The van der Waals surface area contributed by atoms with E-state index in [1.54, 1.807) is 12.1 Å². The smallest absolute Gasteiger partial charge is 0.115 e. The molecule has 18 heavy (non-hydrogen) atoms. The summed E-state index contributed by atoms with van der Waals surface area (Å²) in [6.07, 6.45) is 3.80. The Balaban J connectivity index is 1.85. The van der Waals surface area contributed by atoms with Crippen LogP contribution in [0.3, 0.4) is 0 Å². The van der Waals surface area contributed by atoms with Crippen LogP contribution in [-0.4, -0.2) is 35.7 Å². The Morgan fingerprint density at radius 3 is 2.83 bits per heavy atom. The summed E-state index contributed by atoms with van der Waals surface area (Å²) >= 11 is 0. The number of phenolic OH excluding ortho intramolecular Hbond substituents is 1. The Morgan fingerprint density at radius 1 is 1.33 bits per heavy atom. The van der Waals surface area contributed by atoms with Crippen molar-refractivity contribution in [3.63, 3.8) is 0 Å². The molecular weight excluding hydrogens is 224 g/mol. The van der Waals surface area contributed by atoms with Gasteiger partial charge in [-0.05, 0) is 50.0 Å². The fraction of sp³-hybridized carbons (Fsp3) is 0.600. The summed E-state index contributed by atoms with van der Waals surface area (Å²) < 4.78 is 0. The number of rotatable bonds is 6. The molecule has 2 N–H and O–H groups in total. The molecule has 100 valence electrons. The molecule has 1 unspecified atom stereocenters. The maximum absolute atomic E-state index is 9.29. The molecule has 1 atom stereocenters. The number of hydrogen-bond acceptors (Lipinski definition) is 3. The summed E-state index contributed by atoms with van der Waals surface area (Å²) in [6.45, 7) is 6.61. The molecule has 3 heteroatoms. The van der Waals surface area contributed by atoms with Crippen molar-refractivity contribution < 1.29 is 5.11 Å². The van der Waals surface area contributed by atoms with Crippen LogP contribution in [0.5, 0.6) is 5.75 Å². The first-order valence-corrected chi connectivity index (χ1v) is 7.02. The van der Waals surface area contributed by atoms with Gasteiger partial charge < -0.3 is 10.4 Å². The Labute approximate surface area is 110 Å². The van der Waals surface area contributed by atoms with Crippen molar-refractivity contribution in [2.75, 3.05) is 19.6 Å². The molecule has 1 aliphatic heterocycles. The van der Waals surface area contributed by atoms with E-state index in [0.717, 1.165) is 19.6 Å². The lowest BCUT2D eigenvalue weighted by atomic mass is 10.1. The second-order valence-electron chi connectivity index (χ2n) is 5.14. The third kappa shape index (κ3) is 3.72. The van der Waals surface area contributed by atoms with Gasteiger partial charge in [-0.15, -0.1) is 0 Å². The van der Waals surface area contributed by atoms with E-state index in [2.05, 4.69) is 17.1 Å². The third-order valence-electron chi connectivity index (χ3n) is 3.63. The number of hydrogen-bond donors (Lipinski definition) is 2. The minimum atomic E-state index is 0.348. The number of nitrogens with zero attached hydrogens (tertiary/aromatic N) is 1. The molecular formula is C15H24N2O. The monoisotopic (exact) mass is 248 g/mol. The minimum absolute atomic E-state index is 0.348. The van der Waals surface area contributed by atoms with Crippen molar-refractivity contribution in [3.8, 4) is 5.75 Å². The maximum atomic E-state index is 9.29. The van der Waals surface area contributed by atoms with E-state index >= 15 is 0 Å². The molecule has 1 aromatic carbocycles. The number of phenols is 1. The Morgan fingerprint density at radius 2 is 2.11 bits per heavy atom. The number of nitrogens with one attached hydrogen (secondary N) is 1. The normalized spacial score (nSPS) is 20.4. The van der Waals surface area contributed by atoms with E-state index in [9.17, 15) is 5.11 Å². The quantitative estimate of drug-likeness (QED) is 0.759. The molecule has 0 saturated carbocycles. The zero-order valence-electron chi connectivity index (χ0n) is 11.2. The molecule has 1 saturated heterocycles. The van der Waals surface area contributed by atoms with Gasteiger partial charge >= 0.3 is 0 Å². The van der Waals surface area contributed by atoms with Crippen LogP contribution < -0.4 is 5.32 Å². The fourth-order valence-corrected chi connectivity index (χ4v) is 2.62. The molecule has 2 rings (SSSR count). The van der Waals surface area contributed by atoms with E-state index in [1.165, 1.54) is 31.4 Å².